The molecule has 2 aliphatic carbocycles. The van der Waals surface area contributed by atoms with Gasteiger partial charge >= 0.3 is 5.97 Å². The second kappa shape index (κ2) is 14.5. The second-order valence-corrected chi connectivity index (χ2v) is 11.9. The number of nitrogens with one attached hydrogen (secondary N) is 1. The highest BCUT2D eigenvalue weighted by Crippen LogP contribution is 2.36. The molecule has 0 amide bonds. The summed E-state index contributed by atoms with van der Waals surface area (Å²) in [7, 11) is 0. The van der Waals surface area contributed by atoms with Gasteiger partial charge in [0.1, 0.15) is 23.7 Å². The van der Waals surface area contributed by atoms with Crippen molar-refractivity contribution in [3.05, 3.63) is 86.7 Å². The van der Waals surface area contributed by atoms with Gasteiger partial charge in [-0.05, 0) is 98.1 Å². The first-order chi connectivity index (χ1) is 20.1. The molecule has 42 heavy (non-hydrogen) atoms. The monoisotopic (exact) mass is 598 g/mol. The van der Waals surface area contributed by atoms with Crippen molar-refractivity contribution >= 4 is 17.6 Å². The number of hydrogen-bond acceptors (Lipinski definition) is 7. The predicted octanol–water partition coefficient (Wildman–Crippen LogP) is 4.92. The lowest BCUT2D eigenvalue weighted by Crippen LogP contribution is -2.52. The van der Waals surface area contributed by atoms with E-state index in [1.54, 1.807) is 12.1 Å². The first-order valence-corrected chi connectivity index (χ1v) is 15.0. The average Bonchev–Trinajstić information content (AvgIpc) is 3.39. The van der Waals surface area contributed by atoms with Gasteiger partial charge in [0.25, 0.3) is 0 Å². The first-order valence-electron chi connectivity index (χ1n) is 14.6. The summed E-state index contributed by atoms with van der Waals surface area (Å²) in [5, 5.41) is 31.8. The minimum absolute atomic E-state index is 0.190. The lowest BCUT2D eigenvalue weighted by atomic mass is 9.84. The number of aliphatic hydroxyl groups is 2. The lowest BCUT2D eigenvalue weighted by Gasteiger charge is -2.24. The third kappa shape index (κ3) is 7.94. The van der Waals surface area contributed by atoms with Crippen LogP contribution in [0.15, 0.2) is 76.1 Å². The summed E-state index contributed by atoms with van der Waals surface area (Å²) >= 11 is 6.51. The van der Waals surface area contributed by atoms with Gasteiger partial charge in [-0.15, -0.1) is 0 Å². The quantitative estimate of drug-likeness (QED) is 0.237. The van der Waals surface area contributed by atoms with E-state index in [2.05, 4.69) is 48.4 Å². The average molecular weight is 599 g/mol. The number of likely N-dealkylation sites (tertiary alicyclic amines) is 1. The highest BCUT2D eigenvalue weighted by atomic mass is 35.5. The number of β-amino-alcohol motifs (C(OH)–C–C–N with tert-alkyl or cyclic N) is 1. The van der Waals surface area contributed by atoms with Crippen LogP contribution in [0.25, 0.3) is 0 Å². The van der Waals surface area contributed by atoms with Crippen LogP contribution in [-0.2, 0) is 16.1 Å². The molecular formula is C33H43ClN2O6. The summed E-state index contributed by atoms with van der Waals surface area (Å²) in [6.45, 7) is 9.09. The van der Waals surface area contributed by atoms with Crippen molar-refractivity contribution in [1.82, 2.24) is 10.2 Å². The number of allylic oxidation sites excluding steroid dienone is 7. The summed E-state index contributed by atoms with van der Waals surface area (Å²) in [6, 6.07) is 5.36. The van der Waals surface area contributed by atoms with Gasteiger partial charge in [-0.2, -0.15) is 0 Å². The maximum absolute atomic E-state index is 11.4. The van der Waals surface area contributed by atoms with Crippen LogP contribution in [0.4, 0.5) is 0 Å². The summed E-state index contributed by atoms with van der Waals surface area (Å²) in [5.41, 5.74) is 5.40. The minimum Gasteiger partial charge on any atom is -0.493 e. The van der Waals surface area contributed by atoms with Crippen molar-refractivity contribution in [3.8, 4) is 5.75 Å². The smallest absolute Gasteiger partial charge is 0.326 e. The molecule has 0 bridgehead atoms. The third-order valence-electron chi connectivity index (χ3n) is 8.33. The number of carboxylic acids is 1. The van der Waals surface area contributed by atoms with Crippen LogP contribution >= 0.6 is 11.6 Å². The summed E-state index contributed by atoms with van der Waals surface area (Å²) in [6.07, 6.45) is 11.8. The zero-order valence-electron chi connectivity index (χ0n) is 24.8. The largest absolute Gasteiger partial charge is 0.493 e. The van der Waals surface area contributed by atoms with Crippen molar-refractivity contribution < 1.29 is 29.6 Å². The lowest BCUT2D eigenvalue weighted by molar-refractivity contribution is -0.145. The van der Waals surface area contributed by atoms with E-state index in [9.17, 15) is 20.1 Å². The number of carboxylic acid groups (broad SMARTS) is 1. The molecule has 1 fully saturated rings. The van der Waals surface area contributed by atoms with E-state index < -0.39 is 18.1 Å². The van der Waals surface area contributed by atoms with Crippen molar-refractivity contribution in [2.24, 2.45) is 0 Å². The zero-order valence-corrected chi connectivity index (χ0v) is 25.5. The van der Waals surface area contributed by atoms with E-state index in [0.29, 0.717) is 24.0 Å². The van der Waals surface area contributed by atoms with Crippen LogP contribution in [0.5, 0.6) is 5.75 Å². The molecule has 4 rings (SSSR count). The topological polar surface area (TPSA) is 111 Å². The molecule has 4 N–H and O–H groups in total. The SMILES string of the molecule is CC1=C(COc2ccc(CN[C@@](C)(CO)C(=O)O)cc2Cl)C=CC/C1=C1/CC=CC(OCCCN2CC[C@@H](O)C2)=C1C. The Balaban J connectivity index is 1.38. The standard InChI is InChI=1S/C33H43ClN2O6/c1-22-25(20-42-31-12-11-24(17-29(31)34)18-35-33(3,21-37)32(39)40)7-4-8-27(22)28-9-5-10-30(23(28)2)41-16-6-14-36-15-13-26(38)19-36/h4-5,7,10-12,17,26,35,37-38H,6,8-9,13-16,18-21H2,1-3H3,(H,39,40)/b28-27+/t26-,33+/m1/s1. The van der Waals surface area contributed by atoms with Crippen LogP contribution < -0.4 is 10.1 Å². The molecule has 228 valence electrons. The Morgan fingerprint density at radius 1 is 1.14 bits per heavy atom. The molecule has 0 radical (unpaired) electrons. The number of benzene rings is 1. The van der Waals surface area contributed by atoms with Crippen molar-refractivity contribution in [2.75, 3.05) is 39.5 Å². The predicted molar refractivity (Wildman–Crippen MR) is 164 cm³/mol. The number of nitrogens with zero attached hydrogens (tertiary/aromatic N) is 1. The Kier molecular flexibility index (Phi) is 11.1. The maximum atomic E-state index is 11.4. The molecular weight excluding hydrogens is 556 g/mol. The summed E-state index contributed by atoms with van der Waals surface area (Å²) in [5.74, 6) is 0.352. The molecule has 1 aromatic rings. The molecule has 8 nitrogen and oxygen atoms in total. The second-order valence-electron chi connectivity index (χ2n) is 11.5. The number of halogens is 1. The fraction of sp³-hybridized carbons (Fsp3) is 0.485. The normalized spacial score (nSPS) is 22.6. The van der Waals surface area contributed by atoms with Gasteiger partial charge in [0, 0.05) is 26.2 Å². The molecule has 0 saturated carbocycles. The molecule has 0 aromatic heterocycles. The Bertz CT molecular complexity index is 1310. The molecule has 2 atom stereocenters. The summed E-state index contributed by atoms with van der Waals surface area (Å²) in [4.78, 5) is 13.7. The number of rotatable bonds is 13. The Morgan fingerprint density at radius 3 is 2.55 bits per heavy atom. The van der Waals surface area contributed by atoms with Gasteiger partial charge in [0.15, 0.2) is 0 Å². The Labute approximate surface area is 253 Å². The van der Waals surface area contributed by atoms with Crippen LogP contribution in [0.2, 0.25) is 5.02 Å². The fourth-order valence-electron chi connectivity index (χ4n) is 5.42. The molecule has 1 heterocycles. The maximum Gasteiger partial charge on any atom is 0.326 e. The van der Waals surface area contributed by atoms with Crippen molar-refractivity contribution in [3.63, 3.8) is 0 Å². The van der Waals surface area contributed by atoms with Gasteiger partial charge in [-0.1, -0.05) is 35.9 Å². The van der Waals surface area contributed by atoms with Crippen molar-refractivity contribution in [2.45, 2.75) is 64.6 Å². The Morgan fingerprint density at radius 2 is 1.88 bits per heavy atom. The highest BCUT2D eigenvalue weighted by Gasteiger charge is 2.31. The molecule has 9 heteroatoms. The van der Waals surface area contributed by atoms with E-state index in [4.69, 9.17) is 21.1 Å². The number of carbonyl (C=O) groups is 1. The van der Waals surface area contributed by atoms with Crippen LogP contribution in [0, 0.1) is 0 Å². The van der Waals surface area contributed by atoms with Crippen LogP contribution in [-0.4, -0.2) is 77.3 Å². The van der Waals surface area contributed by atoms with Crippen LogP contribution in [0.3, 0.4) is 0 Å². The van der Waals surface area contributed by atoms with E-state index in [-0.39, 0.29) is 12.6 Å². The third-order valence-corrected chi connectivity index (χ3v) is 8.62. The molecule has 1 saturated heterocycles. The van der Waals surface area contributed by atoms with Crippen LogP contribution in [0.1, 0.15) is 52.0 Å². The number of aliphatic carboxylic acids is 1. The number of aliphatic hydroxyl groups excluding tert-OH is 2. The minimum atomic E-state index is -1.43. The van der Waals surface area contributed by atoms with Gasteiger partial charge in [-0.25, -0.2) is 0 Å². The first kappa shape index (κ1) is 32.0. The molecule has 0 unspecified atom stereocenters. The summed E-state index contributed by atoms with van der Waals surface area (Å²) < 4.78 is 12.3. The molecule has 3 aliphatic rings. The fourth-order valence-corrected chi connectivity index (χ4v) is 5.68. The number of ether oxygens (including phenoxy) is 2. The van der Waals surface area contributed by atoms with E-state index >= 15 is 0 Å². The molecule has 1 aliphatic heterocycles. The zero-order chi connectivity index (χ0) is 30.3. The molecule has 1 aromatic carbocycles. The van der Waals surface area contributed by atoms with E-state index in [1.807, 2.05) is 6.07 Å². The number of hydrogen-bond donors (Lipinski definition) is 4. The Hall–Kier alpha value is -2.88. The van der Waals surface area contributed by atoms with Gasteiger partial charge in [-0.3, -0.25) is 10.1 Å². The van der Waals surface area contributed by atoms with E-state index in [1.165, 1.54) is 29.2 Å². The van der Waals surface area contributed by atoms with Gasteiger partial charge in [0.2, 0.25) is 0 Å². The van der Waals surface area contributed by atoms with Gasteiger partial charge in [0.05, 0.1) is 24.3 Å². The van der Waals surface area contributed by atoms with E-state index in [0.717, 1.165) is 62.2 Å². The van der Waals surface area contributed by atoms with Gasteiger partial charge < -0.3 is 29.7 Å². The van der Waals surface area contributed by atoms with Crippen molar-refractivity contribution in [1.29, 1.82) is 0 Å². The molecule has 0 spiro atoms. The highest BCUT2D eigenvalue weighted by molar-refractivity contribution is 6.32.